The Hall–Kier alpha value is -2.79. The highest BCUT2D eigenvalue weighted by Crippen LogP contribution is 2.23. The topological polar surface area (TPSA) is 140 Å². The predicted octanol–water partition coefficient (Wildman–Crippen LogP) is 0.190. The van der Waals surface area contributed by atoms with Crippen molar-refractivity contribution >= 4 is 27.5 Å². The second-order valence-electron chi connectivity index (χ2n) is 6.21. The molecule has 0 saturated carbocycles. The van der Waals surface area contributed by atoms with Crippen LogP contribution in [0.4, 0.5) is 5.69 Å². The predicted molar refractivity (Wildman–Crippen MR) is 96.2 cm³/mol. The van der Waals surface area contributed by atoms with E-state index < -0.39 is 21.8 Å². The van der Waals surface area contributed by atoms with Crippen molar-refractivity contribution in [1.82, 2.24) is 19.3 Å². The number of anilines is 1. The Balaban J connectivity index is 1.74. The summed E-state index contributed by atoms with van der Waals surface area (Å²) in [5.74, 6) is -1.18. The number of nitrogens with one attached hydrogen (secondary N) is 1. The number of hydrogen-bond donors (Lipinski definition) is 2. The number of piperidine rings is 1. The molecule has 3 rings (SSSR count). The van der Waals surface area contributed by atoms with Gasteiger partial charge in [0.15, 0.2) is 5.69 Å². The van der Waals surface area contributed by atoms with E-state index in [1.54, 1.807) is 12.1 Å². The average molecular weight is 392 g/mol. The lowest BCUT2D eigenvalue weighted by atomic mass is 10.2. The van der Waals surface area contributed by atoms with E-state index in [0.29, 0.717) is 18.8 Å². The molecule has 10 nitrogen and oxygen atoms in total. The van der Waals surface area contributed by atoms with E-state index in [4.69, 9.17) is 5.73 Å². The number of benzene rings is 1. The Morgan fingerprint density at radius 3 is 2.63 bits per heavy atom. The lowest BCUT2D eigenvalue weighted by Crippen LogP contribution is -2.35. The summed E-state index contributed by atoms with van der Waals surface area (Å²) < 4.78 is 28.1. The molecule has 1 aliphatic heterocycles. The monoisotopic (exact) mass is 392 g/mol. The third-order valence-electron chi connectivity index (χ3n) is 4.13. The highest BCUT2D eigenvalue weighted by molar-refractivity contribution is 7.89. The van der Waals surface area contributed by atoms with Gasteiger partial charge in [-0.2, -0.15) is 4.31 Å². The van der Waals surface area contributed by atoms with Crippen LogP contribution in [0.3, 0.4) is 0 Å². The van der Waals surface area contributed by atoms with E-state index in [1.165, 1.54) is 22.6 Å². The number of rotatable bonds is 6. The fourth-order valence-electron chi connectivity index (χ4n) is 2.82. The SMILES string of the molecule is NC(=O)Cn1cc(C(=O)Nc2cccc(S(=O)(=O)N3CCCCC3)c2)nn1. The van der Waals surface area contributed by atoms with Gasteiger partial charge < -0.3 is 11.1 Å². The maximum Gasteiger partial charge on any atom is 0.277 e. The number of hydrogen-bond acceptors (Lipinski definition) is 6. The van der Waals surface area contributed by atoms with Crippen LogP contribution >= 0.6 is 0 Å². The second kappa shape index (κ2) is 7.84. The van der Waals surface area contributed by atoms with Gasteiger partial charge in [-0.15, -0.1) is 5.10 Å². The molecule has 1 aromatic carbocycles. The number of primary amides is 1. The number of carbonyl (C=O) groups is 2. The third-order valence-corrected chi connectivity index (χ3v) is 6.03. The van der Waals surface area contributed by atoms with E-state index in [0.717, 1.165) is 23.9 Å². The summed E-state index contributed by atoms with van der Waals surface area (Å²) in [6, 6.07) is 6.07. The van der Waals surface area contributed by atoms with Gasteiger partial charge in [-0.05, 0) is 31.0 Å². The van der Waals surface area contributed by atoms with Crippen LogP contribution in [0.5, 0.6) is 0 Å². The molecule has 2 aromatic rings. The van der Waals surface area contributed by atoms with Gasteiger partial charge in [0, 0.05) is 18.8 Å². The molecule has 11 heteroatoms. The van der Waals surface area contributed by atoms with E-state index in [2.05, 4.69) is 15.6 Å². The Morgan fingerprint density at radius 2 is 1.93 bits per heavy atom. The molecule has 1 aromatic heterocycles. The fourth-order valence-corrected chi connectivity index (χ4v) is 4.39. The first-order chi connectivity index (χ1) is 12.9. The normalized spacial score (nSPS) is 15.4. The Labute approximate surface area is 156 Å². The van der Waals surface area contributed by atoms with Gasteiger partial charge in [0.1, 0.15) is 6.54 Å². The van der Waals surface area contributed by atoms with E-state index in [1.807, 2.05) is 0 Å². The van der Waals surface area contributed by atoms with Crippen LogP contribution in [0.1, 0.15) is 29.8 Å². The zero-order valence-electron chi connectivity index (χ0n) is 14.5. The highest BCUT2D eigenvalue weighted by atomic mass is 32.2. The number of amides is 2. The van der Waals surface area contributed by atoms with Crippen molar-refractivity contribution in [1.29, 1.82) is 0 Å². The van der Waals surface area contributed by atoms with Gasteiger partial charge in [-0.3, -0.25) is 9.59 Å². The lowest BCUT2D eigenvalue weighted by Gasteiger charge is -2.26. The van der Waals surface area contributed by atoms with Crippen molar-refractivity contribution in [3.05, 3.63) is 36.2 Å². The van der Waals surface area contributed by atoms with Crippen LogP contribution in [0.25, 0.3) is 0 Å². The maximum absolute atomic E-state index is 12.7. The Morgan fingerprint density at radius 1 is 1.19 bits per heavy atom. The number of nitrogens with two attached hydrogens (primary N) is 1. The summed E-state index contributed by atoms with van der Waals surface area (Å²) in [4.78, 5) is 23.3. The summed E-state index contributed by atoms with van der Waals surface area (Å²) in [5, 5.41) is 9.90. The van der Waals surface area contributed by atoms with Crippen LogP contribution in [0.15, 0.2) is 35.4 Å². The van der Waals surface area contributed by atoms with Crippen molar-refractivity contribution in [2.24, 2.45) is 5.73 Å². The Kier molecular flexibility index (Phi) is 5.51. The van der Waals surface area contributed by atoms with Crippen molar-refractivity contribution in [2.75, 3.05) is 18.4 Å². The first-order valence-electron chi connectivity index (χ1n) is 8.46. The number of sulfonamides is 1. The summed E-state index contributed by atoms with van der Waals surface area (Å²) in [7, 11) is -3.60. The molecular weight excluding hydrogens is 372 g/mol. The third kappa shape index (κ3) is 4.49. The summed E-state index contributed by atoms with van der Waals surface area (Å²) >= 11 is 0. The van der Waals surface area contributed by atoms with Gasteiger partial charge in [-0.1, -0.05) is 17.7 Å². The van der Waals surface area contributed by atoms with Gasteiger partial charge in [0.25, 0.3) is 5.91 Å². The molecule has 0 spiro atoms. The number of nitrogens with zero attached hydrogens (tertiary/aromatic N) is 4. The van der Waals surface area contributed by atoms with E-state index >= 15 is 0 Å². The van der Waals surface area contributed by atoms with Crippen LogP contribution < -0.4 is 11.1 Å². The molecule has 1 fully saturated rings. The molecule has 144 valence electrons. The van der Waals surface area contributed by atoms with Crippen molar-refractivity contribution in [2.45, 2.75) is 30.7 Å². The second-order valence-corrected chi connectivity index (χ2v) is 8.15. The molecule has 27 heavy (non-hydrogen) atoms. The maximum atomic E-state index is 12.7. The van der Waals surface area contributed by atoms with Gasteiger partial charge in [0.05, 0.1) is 11.1 Å². The molecular formula is C16H20N6O4S. The van der Waals surface area contributed by atoms with Crippen molar-refractivity contribution in [3.8, 4) is 0 Å². The molecule has 0 radical (unpaired) electrons. The average Bonchev–Trinajstić information content (AvgIpc) is 3.10. The fraction of sp³-hybridized carbons (Fsp3) is 0.375. The smallest absolute Gasteiger partial charge is 0.277 e. The lowest BCUT2D eigenvalue weighted by molar-refractivity contribution is -0.118. The molecule has 2 amide bonds. The quantitative estimate of drug-likeness (QED) is 0.719. The minimum absolute atomic E-state index is 0.0134. The molecule has 3 N–H and O–H groups in total. The summed E-state index contributed by atoms with van der Waals surface area (Å²) in [5.41, 5.74) is 5.37. The molecule has 2 heterocycles. The highest BCUT2D eigenvalue weighted by Gasteiger charge is 2.26. The largest absolute Gasteiger partial charge is 0.368 e. The minimum atomic E-state index is -3.60. The van der Waals surface area contributed by atoms with Crippen LogP contribution in [-0.2, 0) is 21.4 Å². The molecule has 0 atom stereocenters. The van der Waals surface area contributed by atoms with E-state index in [9.17, 15) is 18.0 Å². The first-order valence-corrected chi connectivity index (χ1v) is 9.90. The van der Waals surface area contributed by atoms with E-state index in [-0.39, 0.29) is 17.1 Å². The number of carbonyl (C=O) groups excluding carboxylic acids is 2. The van der Waals surface area contributed by atoms with Crippen LogP contribution in [0, 0.1) is 0 Å². The van der Waals surface area contributed by atoms with Gasteiger partial charge in [0.2, 0.25) is 15.9 Å². The summed E-state index contributed by atoms with van der Waals surface area (Å²) in [6.45, 7) is 0.813. The van der Waals surface area contributed by atoms with Crippen molar-refractivity contribution < 1.29 is 18.0 Å². The molecule has 0 unspecified atom stereocenters. The van der Waals surface area contributed by atoms with Gasteiger partial charge in [-0.25, -0.2) is 13.1 Å². The van der Waals surface area contributed by atoms with Crippen molar-refractivity contribution in [3.63, 3.8) is 0 Å². The van der Waals surface area contributed by atoms with Crippen LogP contribution in [0.2, 0.25) is 0 Å². The Bertz CT molecular complexity index is 949. The zero-order valence-corrected chi connectivity index (χ0v) is 15.4. The minimum Gasteiger partial charge on any atom is -0.368 e. The molecule has 1 saturated heterocycles. The first kappa shape index (κ1) is 19.0. The molecule has 0 aliphatic carbocycles. The molecule has 0 bridgehead atoms. The zero-order chi connectivity index (χ0) is 19.4. The standard InChI is InChI=1S/C16H20N6O4S/c17-15(23)11-21-10-14(19-20-21)16(24)18-12-5-4-6-13(9-12)27(25,26)22-7-2-1-3-8-22/h4-6,9-10H,1-3,7-8,11H2,(H2,17,23)(H,18,24). The van der Waals surface area contributed by atoms with Gasteiger partial charge >= 0.3 is 0 Å². The number of aromatic nitrogens is 3. The van der Waals surface area contributed by atoms with Crippen LogP contribution in [-0.4, -0.2) is 52.6 Å². The summed E-state index contributed by atoms with van der Waals surface area (Å²) in [6.07, 6.45) is 4.00. The molecule has 1 aliphatic rings.